The largest absolute Gasteiger partial charge is 0.480 e. The van der Waals surface area contributed by atoms with Crippen LogP contribution in [0.25, 0.3) is 10.2 Å². The van der Waals surface area contributed by atoms with E-state index in [0.29, 0.717) is 17.4 Å². The highest BCUT2D eigenvalue weighted by molar-refractivity contribution is 7.98. The van der Waals surface area contributed by atoms with Gasteiger partial charge in [-0.15, -0.1) is 11.3 Å². The first-order valence-corrected chi connectivity index (χ1v) is 11.4. The molecule has 0 fully saturated rings. The van der Waals surface area contributed by atoms with E-state index in [1.807, 2.05) is 12.5 Å². The molecule has 130 valence electrons. The van der Waals surface area contributed by atoms with E-state index in [9.17, 15) is 9.90 Å². The quantitative estimate of drug-likeness (QED) is 0.554. The van der Waals surface area contributed by atoms with Gasteiger partial charge in [-0.05, 0) is 55.9 Å². The molecule has 2 aromatic heterocycles. The zero-order valence-corrected chi connectivity index (χ0v) is 16.2. The van der Waals surface area contributed by atoms with Crippen molar-refractivity contribution in [2.75, 3.05) is 23.6 Å². The smallest absolute Gasteiger partial charge is 0.326 e. The predicted octanol–water partition coefficient (Wildman–Crippen LogP) is 3.91. The van der Waals surface area contributed by atoms with Crippen molar-refractivity contribution in [1.82, 2.24) is 9.97 Å². The normalized spacial score (nSPS) is 15.2. The second-order valence-electron chi connectivity index (χ2n) is 5.77. The first kappa shape index (κ1) is 17.8. The van der Waals surface area contributed by atoms with Crippen LogP contribution in [0.1, 0.15) is 29.7 Å². The molecule has 0 aromatic carbocycles. The number of aromatic nitrogens is 2. The molecule has 8 heteroatoms. The van der Waals surface area contributed by atoms with Crippen LogP contribution in [-0.2, 0) is 17.6 Å². The van der Waals surface area contributed by atoms with Gasteiger partial charge in [0.2, 0.25) is 0 Å². The van der Waals surface area contributed by atoms with Gasteiger partial charge in [0, 0.05) is 4.88 Å². The van der Waals surface area contributed by atoms with Gasteiger partial charge < -0.3 is 10.4 Å². The highest BCUT2D eigenvalue weighted by Crippen LogP contribution is 2.39. The number of hydrogen-bond donors (Lipinski definition) is 2. The summed E-state index contributed by atoms with van der Waals surface area (Å²) < 4.78 is 0. The minimum absolute atomic E-state index is 0.572. The maximum Gasteiger partial charge on any atom is 0.326 e. The molecule has 1 atom stereocenters. The van der Waals surface area contributed by atoms with Crippen molar-refractivity contribution in [3.63, 3.8) is 0 Å². The molecule has 1 aliphatic rings. The lowest BCUT2D eigenvalue weighted by molar-refractivity contribution is -0.137. The third-order valence-electron chi connectivity index (χ3n) is 4.20. The molecule has 24 heavy (non-hydrogen) atoms. The van der Waals surface area contributed by atoms with Gasteiger partial charge in [-0.1, -0.05) is 11.8 Å². The van der Waals surface area contributed by atoms with Crippen LogP contribution < -0.4 is 5.32 Å². The van der Waals surface area contributed by atoms with Crippen LogP contribution in [0.4, 0.5) is 5.82 Å². The van der Waals surface area contributed by atoms with Gasteiger partial charge in [-0.2, -0.15) is 11.8 Å². The third kappa shape index (κ3) is 3.65. The fourth-order valence-electron chi connectivity index (χ4n) is 2.99. The summed E-state index contributed by atoms with van der Waals surface area (Å²) in [7, 11) is 0. The van der Waals surface area contributed by atoms with Gasteiger partial charge >= 0.3 is 5.97 Å². The van der Waals surface area contributed by atoms with Crippen LogP contribution in [0.2, 0.25) is 0 Å². The number of carboxylic acids is 1. The number of nitrogens with one attached hydrogen (secondary N) is 1. The lowest BCUT2D eigenvalue weighted by Crippen LogP contribution is -2.30. The van der Waals surface area contributed by atoms with Gasteiger partial charge in [0.25, 0.3) is 0 Å². The van der Waals surface area contributed by atoms with Crippen molar-refractivity contribution in [3.8, 4) is 0 Å². The Labute approximate surface area is 154 Å². The van der Waals surface area contributed by atoms with Crippen molar-refractivity contribution >= 4 is 56.9 Å². The summed E-state index contributed by atoms with van der Waals surface area (Å²) in [5.41, 5.74) is 1.32. The summed E-state index contributed by atoms with van der Waals surface area (Å²) >= 11 is 4.89. The summed E-state index contributed by atoms with van der Waals surface area (Å²) in [5, 5.41) is 14.5. The average molecular weight is 384 g/mol. The number of aryl methyl sites for hydroxylation is 2. The van der Waals surface area contributed by atoms with E-state index in [0.717, 1.165) is 28.8 Å². The first-order chi connectivity index (χ1) is 11.6. The summed E-state index contributed by atoms with van der Waals surface area (Å²) in [5.74, 6) is 0.665. The number of anilines is 1. The molecule has 0 spiro atoms. The molecule has 1 unspecified atom stereocenters. The summed E-state index contributed by atoms with van der Waals surface area (Å²) in [4.78, 5) is 23.2. The maximum absolute atomic E-state index is 11.6. The second kappa shape index (κ2) is 7.93. The Bertz CT molecular complexity index is 748. The van der Waals surface area contributed by atoms with E-state index in [-0.39, 0.29) is 0 Å². The predicted molar refractivity (Wildman–Crippen MR) is 104 cm³/mol. The number of hydrogen-bond acceptors (Lipinski definition) is 7. The Morgan fingerprint density at radius 3 is 2.83 bits per heavy atom. The number of aliphatic carboxylic acids is 1. The van der Waals surface area contributed by atoms with Crippen LogP contribution in [0.5, 0.6) is 0 Å². The Balaban J connectivity index is 2.04. The minimum Gasteiger partial charge on any atom is -0.480 e. The molecule has 2 aromatic rings. The van der Waals surface area contributed by atoms with Crippen LogP contribution in [0, 0.1) is 0 Å². The fraction of sp³-hybridized carbons (Fsp3) is 0.562. The fourth-order valence-corrected chi connectivity index (χ4v) is 5.15. The van der Waals surface area contributed by atoms with Crippen LogP contribution >= 0.6 is 34.9 Å². The molecule has 5 nitrogen and oxygen atoms in total. The highest BCUT2D eigenvalue weighted by Gasteiger charge is 2.24. The van der Waals surface area contributed by atoms with Crippen LogP contribution in [0.3, 0.4) is 0 Å². The molecule has 1 aliphatic carbocycles. The standard InChI is InChI=1S/C16H21N3O2S3/c1-22-8-7-10(15(20)21)17-13-12-9-5-3-4-6-11(9)24-14(12)19-16(18-13)23-2/h10H,3-8H2,1-2H3,(H,20,21)(H,17,18,19). The van der Waals surface area contributed by atoms with Gasteiger partial charge in [0.1, 0.15) is 16.7 Å². The van der Waals surface area contributed by atoms with Crippen LogP contribution in [0.15, 0.2) is 5.16 Å². The Kier molecular flexibility index (Phi) is 5.89. The highest BCUT2D eigenvalue weighted by atomic mass is 32.2. The molecule has 0 bridgehead atoms. The zero-order valence-electron chi connectivity index (χ0n) is 13.8. The summed E-state index contributed by atoms with van der Waals surface area (Å²) in [6, 6.07) is -0.621. The third-order valence-corrected chi connectivity index (χ3v) is 6.57. The molecule has 0 radical (unpaired) electrons. The van der Waals surface area contributed by atoms with E-state index < -0.39 is 12.0 Å². The number of carbonyl (C=O) groups is 1. The Hall–Kier alpha value is -0.990. The van der Waals surface area contributed by atoms with Crippen molar-refractivity contribution in [3.05, 3.63) is 10.4 Å². The van der Waals surface area contributed by atoms with E-state index in [4.69, 9.17) is 0 Å². The van der Waals surface area contributed by atoms with Crippen LogP contribution in [-0.4, -0.2) is 45.4 Å². The number of thioether (sulfide) groups is 2. The number of rotatable bonds is 7. The lowest BCUT2D eigenvalue weighted by Gasteiger charge is -2.17. The minimum atomic E-state index is -0.828. The van der Waals surface area contributed by atoms with E-state index in [2.05, 4.69) is 15.3 Å². The van der Waals surface area contributed by atoms with E-state index in [1.165, 1.54) is 35.0 Å². The van der Waals surface area contributed by atoms with Crippen molar-refractivity contribution in [2.45, 2.75) is 43.3 Å². The maximum atomic E-state index is 11.6. The van der Waals surface area contributed by atoms with Gasteiger partial charge in [-0.25, -0.2) is 14.8 Å². The topological polar surface area (TPSA) is 75.1 Å². The summed E-state index contributed by atoms with van der Waals surface area (Å²) in [6.07, 6.45) is 9.04. The second-order valence-corrected chi connectivity index (χ2v) is 8.61. The van der Waals surface area contributed by atoms with Crippen molar-refractivity contribution in [1.29, 1.82) is 0 Å². The van der Waals surface area contributed by atoms with E-state index >= 15 is 0 Å². The average Bonchev–Trinajstić information content (AvgIpc) is 2.96. The molecule has 2 N–H and O–H groups in total. The van der Waals surface area contributed by atoms with E-state index in [1.54, 1.807) is 23.1 Å². The summed E-state index contributed by atoms with van der Waals surface area (Å²) in [6.45, 7) is 0. The number of thiophene rings is 1. The Morgan fingerprint density at radius 2 is 2.12 bits per heavy atom. The molecular weight excluding hydrogens is 362 g/mol. The van der Waals surface area contributed by atoms with Gasteiger partial charge in [0.15, 0.2) is 5.16 Å². The lowest BCUT2D eigenvalue weighted by atomic mass is 9.97. The molecule has 3 rings (SSSR count). The molecule has 2 heterocycles. The number of fused-ring (bicyclic) bond motifs is 3. The zero-order chi connectivity index (χ0) is 17.1. The SMILES string of the molecule is CSCCC(Nc1nc(SC)nc2sc3c(c12)CCCC3)C(=O)O. The molecule has 0 saturated carbocycles. The molecule has 0 amide bonds. The van der Waals surface area contributed by atoms with Crippen molar-refractivity contribution < 1.29 is 9.90 Å². The molecule has 0 saturated heterocycles. The Morgan fingerprint density at radius 1 is 1.33 bits per heavy atom. The monoisotopic (exact) mass is 383 g/mol. The number of nitrogens with zero attached hydrogens (tertiary/aromatic N) is 2. The van der Waals surface area contributed by atoms with Gasteiger partial charge in [0.05, 0.1) is 5.39 Å². The first-order valence-electron chi connectivity index (χ1n) is 7.98. The number of carboxylic acid groups (broad SMARTS) is 1. The van der Waals surface area contributed by atoms with Gasteiger partial charge in [-0.3, -0.25) is 0 Å². The molecule has 0 aliphatic heterocycles. The molecular formula is C16H21N3O2S3. The van der Waals surface area contributed by atoms with Crippen molar-refractivity contribution in [2.24, 2.45) is 0 Å².